The summed E-state index contributed by atoms with van der Waals surface area (Å²) >= 11 is 0. The van der Waals surface area contributed by atoms with Gasteiger partial charge < -0.3 is 15.2 Å². The minimum atomic E-state index is 0.602. The van der Waals surface area contributed by atoms with Gasteiger partial charge in [-0.15, -0.1) is 10.2 Å². The number of rotatable bonds is 7. The van der Waals surface area contributed by atoms with Crippen LogP contribution in [0.1, 0.15) is 69.9 Å². The largest absolute Gasteiger partial charge is 0.357 e. The third kappa shape index (κ3) is 4.71. The molecule has 6 heteroatoms. The van der Waals surface area contributed by atoms with Crippen molar-refractivity contribution >= 4 is 5.96 Å². The summed E-state index contributed by atoms with van der Waals surface area (Å²) in [6, 6.07) is 0. The summed E-state index contributed by atoms with van der Waals surface area (Å²) in [5, 5.41) is 15.3. The second kappa shape index (κ2) is 9.04. The van der Waals surface area contributed by atoms with Crippen LogP contribution in [0, 0.1) is 5.92 Å². The van der Waals surface area contributed by atoms with Gasteiger partial charge in [-0.25, -0.2) is 4.99 Å². The molecule has 1 aromatic rings. The van der Waals surface area contributed by atoms with Crippen molar-refractivity contribution in [3.63, 3.8) is 0 Å². The molecule has 0 bridgehead atoms. The van der Waals surface area contributed by atoms with Gasteiger partial charge in [-0.05, 0) is 32.1 Å². The Hall–Kier alpha value is -1.59. The van der Waals surface area contributed by atoms with Crippen LogP contribution in [0.3, 0.4) is 0 Å². The lowest BCUT2D eigenvalue weighted by molar-refractivity contribution is 0.332. The highest BCUT2D eigenvalue weighted by Gasteiger charge is 2.17. The zero-order valence-electron chi connectivity index (χ0n) is 15.1. The van der Waals surface area contributed by atoms with E-state index in [-0.39, 0.29) is 0 Å². The quantitative estimate of drug-likeness (QED) is 0.458. The highest BCUT2D eigenvalue weighted by atomic mass is 15.3. The standard InChI is InChI=1S/C18H32N6/c1-2-19-18(20-12-6-10-15-8-4-3-5-9-15)21-14-17-23-22-16-11-7-13-24(16)17/h15H,2-14H2,1H3,(H2,19,20,21). The van der Waals surface area contributed by atoms with E-state index in [0.29, 0.717) is 6.54 Å². The summed E-state index contributed by atoms with van der Waals surface area (Å²) in [6.07, 6.45) is 12.0. The van der Waals surface area contributed by atoms with E-state index in [0.717, 1.165) is 49.6 Å². The molecule has 0 spiro atoms. The monoisotopic (exact) mass is 332 g/mol. The third-order valence-corrected chi connectivity index (χ3v) is 5.22. The van der Waals surface area contributed by atoms with Gasteiger partial charge in [-0.2, -0.15) is 0 Å². The number of hydrogen-bond donors (Lipinski definition) is 2. The van der Waals surface area contributed by atoms with Gasteiger partial charge in [0.15, 0.2) is 11.8 Å². The zero-order chi connectivity index (χ0) is 16.6. The fourth-order valence-corrected chi connectivity index (χ4v) is 3.89. The van der Waals surface area contributed by atoms with E-state index < -0.39 is 0 Å². The molecule has 0 amide bonds. The highest BCUT2D eigenvalue weighted by molar-refractivity contribution is 5.79. The SMILES string of the molecule is CCNC(=NCc1nnc2n1CCC2)NCCCC1CCCCC1. The van der Waals surface area contributed by atoms with Crippen LogP contribution in [-0.2, 0) is 19.5 Å². The van der Waals surface area contributed by atoms with E-state index in [9.17, 15) is 0 Å². The van der Waals surface area contributed by atoms with Gasteiger partial charge in [-0.3, -0.25) is 0 Å². The Balaban J connectivity index is 1.43. The molecule has 0 saturated heterocycles. The van der Waals surface area contributed by atoms with Gasteiger partial charge in [0.2, 0.25) is 0 Å². The van der Waals surface area contributed by atoms with Crippen LogP contribution >= 0.6 is 0 Å². The number of nitrogens with zero attached hydrogens (tertiary/aromatic N) is 4. The number of aliphatic imine (C=N–C) groups is 1. The van der Waals surface area contributed by atoms with Crippen LogP contribution in [0.15, 0.2) is 4.99 Å². The van der Waals surface area contributed by atoms with Crippen LogP contribution in [0.2, 0.25) is 0 Å². The number of guanidine groups is 1. The predicted molar refractivity (Wildman–Crippen MR) is 97.0 cm³/mol. The number of aryl methyl sites for hydroxylation is 1. The highest BCUT2D eigenvalue weighted by Crippen LogP contribution is 2.26. The Bertz CT molecular complexity index is 530. The maximum absolute atomic E-state index is 4.69. The van der Waals surface area contributed by atoms with Crippen LogP contribution in [-0.4, -0.2) is 33.8 Å². The number of nitrogens with one attached hydrogen (secondary N) is 2. The van der Waals surface area contributed by atoms with Crippen molar-refractivity contribution in [3.8, 4) is 0 Å². The van der Waals surface area contributed by atoms with Crippen molar-refractivity contribution in [1.82, 2.24) is 25.4 Å². The smallest absolute Gasteiger partial charge is 0.191 e. The first-order valence-corrected chi connectivity index (χ1v) is 9.80. The Labute approximate surface area is 145 Å². The molecule has 2 heterocycles. The molecule has 1 saturated carbocycles. The minimum absolute atomic E-state index is 0.602. The van der Waals surface area contributed by atoms with E-state index in [4.69, 9.17) is 0 Å². The Morgan fingerprint density at radius 1 is 1.17 bits per heavy atom. The third-order valence-electron chi connectivity index (χ3n) is 5.22. The number of fused-ring (bicyclic) bond motifs is 1. The average molecular weight is 332 g/mol. The normalized spacial score (nSPS) is 18.6. The molecule has 24 heavy (non-hydrogen) atoms. The number of hydrogen-bond acceptors (Lipinski definition) is 3. The van der Waals surface area contributed by atoms with Crippen LogP contribution in [0.5, 0.6) is 0 Å². The van der Waals surface area contributed by atoms with Crippen molar-refractivity contribution in [2.24, 2.45) is 10.9 Å². The Kier molecular flexibility index (Phi) is 6.49. The summed E-state index contributed by atoms with van der Waals surface area (Å²) in [4.78, 5) is 4.69. The fourth-order valence-electron chi connectivity index (χ4n) is 3.89. The molecule has 134 valence electrons. The Morgan fingerprint density at radius 2 is 2.04 bits per heavy atom. The molecule has 1 aromatic heterocycles. The van der Waals surface area contributed by atoms with E-state index >= 15 is 0 Å². The van der Waals surface area contributed by atoms with Crippen LogP contribution in [0.25, 0.3) is 0 Å². The summed E-state index contributed by atoms with van der Waals surface area (Å²) < 4.78 is 2.22. The average Bonchev–Trinajstić information content (AvgIpc) is 3.21. The van der Waals surface area contributed by atoms with E-state index in [1.165, 1.54) is 51.4 Å². The molecular weight excluding hydrogens is 300 g/mol. The van der Waals surface area contributed by atoms with Crippen molar-refractivity contribution in [1.29, 1.82) is 0 Å². The maximum Gasteiger partial charge on any atom is 0.191 e. The van der Waals surface area contributed by atoms with E-state index in [1.54, 1.807) is 0 Å². The van der Waals surface area contributed by atoms with Gasteiger partial charge in [0.1, 0.15) is 12.4 Å². The summed E-state index contributed by atoms with van der Waals surface area (Å²) in [5.41, 5.74) is 0. The second-order valence-electron chi connectivity index (χ2n) is 7.06. The van der Waals surface area contributed by atoms with Gasteiger partial charge >= 0.3 is 0 Å². The Morgan fingerprint density at radius 3 is 2.88 bits per heavy atom. The molecule has 2 N–H and O–H groups in total. The summed E-state index contributed by atoms with van der Waals surface area (Å²) in [7, 11) is 0. The van der Waals surface area contributed by atoms with Crippen molar-refractivity contribution < 1.29 is 0 Å². The molecule has 1 aliphatic carbocycles. The fraction of sp³-hybridized carbons (Fsp3) is 0.833. The molecule has 3 rings (SSSR count). The molecule has 1 aliphatic heterocycles. The molecule has 6 nitrogen and oxygen atoms in total. The number of aromatic nitrogens is 3. The van der Waals surface area contributed by atoms with Gasteiger partial charge in [0.05, 0.1) is 0 Å². The summed E-state index contributed by atoms with van der Waals surface area (Å²) in [5.74, 6) is 3.96. The van der Waals surface area contributed by atoms with Gasteiger partial charge in [0.25, 0.3) is 0 Å². The van der Waals surface area contributed by atoms with E-state index in [2.05, 4.69) is 37.3 Å². The van der Waals surface area contributed by atoms with Crippen molar-refractivity contribution in [2.45, 2.75) is 77.8 Å². The lowest BCUT2D eigenvalue weighted by atomic mass is 9.86. The van der Waals surface area contributed by atoms with Gasteiger partial charge in [0, 0.05) is 26.1 Å². The minimum Gasteiger partial charge on any atom is -0.357 e. The molecule has 0 atom stereocenters. The molecule has 2 aliphatic rings. The summed E-state index contributed by atoms with van der Waals surface area (Å²) in [6.45, 7) is 5.63. The first-order chi connectivity index (χ1) is 11.9. The van der Waals surface area contributed by atoms with Crippen LogP contribution < -0.4 is 10.6 Å². The topological polar surface area (TPSA) is 67.1 Å². The molecule has 0 radical (unpaired) electrons. The van der Waals surface area contributed by atoms with Gasteiger partial charge in [-0.1, -0.05) is 32.1 Å². The zero-order valence-corrected chi connectivity index (χ0v) is 15.1. The predicted octanol–water partition coefficient (Wildman–Crippen LogP) is 2.64. The molecule has 0 aromatic carbocycles. The molecular formula is C18H32N6. The lowest BCUT2D eigenvalue weighted by Gasteiger charge is -2.21. The second-order valence-corrected chi connectivity index (χ2v) is 7.06. The van der Waals surface area contributed by atoms with Crippen LogP contribution in [0.4, 0.5) is 0 Å². The maximum atomic E-state index is 4.69. The lowest BCUT2D eigenvalue weighted by Crippen LogP contribution is -2.38. The first-order valence-electron chi connectivity index (χ1n) is 9.80. The van der Waals surface area contributed by atoms with Crippen molar-refractivity contribution in [2.75, 3.05) is 13.1 Å². The molecule has 0 unspecified atom stereocenters. The van der Waals surface area contributed by atoms with Crippen molar-refractivity contribution in [3.05, 3.63) is 11.6 Å². The first kappa shape index (κ1) is 17.2. The van der Waals surface area contributed by atoms with E-state index in [1.807, 2.05) is 0 Å². The molecule has 1 fully saturated rings.